The molecule has 2 heterocycles. The first-order valence-electron chi connectivity index (χ1n) is 12.7. The molecular weight excluding hydrogens is 474 g/mol. The number of aromatic nitrogens is 2. The lowest BCUT2D eigenvalue weighted by atomic mass is 10.1. The largest absolute Gasteiger partial charge is 0.394 e. The molecular formula is C26H35N7O4. The highest BCUT2D eigenvalue weighted by molar-refractivity contribution is 5.94. The van der Waals surface area contributed by atoms with Crippen LogP contribution < -0.4 is 10.6 Å². The van der Waals surface area contributed by atoms with Crippen LogP contribution in [0, 0.1) is 10.1 Å². The molecule has 1 fully saturated rings. The van der Waals surface area contributed by atoms with Crippen LogP contribution in [0.1, 0.15) is 18.1 Å². The summed E-state index contributed by atoms with van der Waals surface area (Å²) in [5.41, 5.74) is 3.51. The third-order valence-corrected chi connectivity index (χ3v) is 6.53. The Morgan fingerprint density at radius 1 is 1.05 bits per heavy atom. The van der Waals surface area contributed by atoms with Crippen LogP contribution in [-0.2, 0) is 17.8 Å². The van der Waals surface area contributed by atoms with E-state index in [1.165, 1.54) is 18.0 Å². The topological polar surface area (TPSA) is 129 Å². The van der Waals surface area contributed by atoms with Gasteiger partial charge < -0.3 is 20.5 Å². The first-order valence-corrected chi connectivity index (χ1v) is 12.7. The van der Waals surface area contributed by atoms with Gasteiger partial charge in [0.05, 0.1) is 30.3 Å². The van der Waals surface area contributed by atoms with Gasteiger partial charge in [-0.15, -0.1) is 0 Å². The normalized spacial score (nSPS) is 14.6. The maximum absolute atomic E-state index is 11.6. The molecule has 0 saturated carbocycles. The van der Waals surface area contributed by atoms with E-state index in [4.69, 9.17) is 9.84 Å². The number of nitro benzene ring substituents is 1. The fraction of sp³-hybridized carbons (Fsp3) is 0.462. The number of rotatable bonds is 13. The molecule has 11 heteroatoms. The minimum Gasteiger partial charge on any atom is -0.394 e. The van der Waals surface area contributed by atoms with Crippen LogP contribution >= 0.6 is 0 Å². The average molecular weight is 510 g/mol. The Balaban J connectivity index is 1.41. The summed E-state index contributed by atoms with van der Waals surface area (Å²) in [7, 11) is 0. The fourth-order valence-electron chi connectivity index (χ4n) is 4.55. The molecule has 37 heavy (non-hydrogen) atoms. The van der Waals surface area contributed by atoms with E-state index < -0.39 is 0 Å². The van der Waals surface area contributed by atoms with Gasteiger partial charge in [0.15, 0.2) is 0 Å². The number of fused-ring (bicyclic) bond motifs is 1. The Morgan fingerprint density at radius 2 is 1.81 bits per heavy atom. The summed E-state index contributed by atoms with van der Waals surface area (Å²) < 4.78 is 5.39. The Bertz CT molecular complexity index is 1180. The fourth-order valence-corrected chi connectivity index (χ4v) is 4.55. The monoisotopic (exact) mass is 509 g/mol. The van der Waals surface area contributed by atoms with Crippen molar-refractivity contribution in [1.82, 2.24) is 19.8 Å². The number of nitro groups is 1. The lowest BCUT2D eigenvalue weighted by Gasteiger charge is -2.35. The van der Waals surface area contributed by atoms with Crippen LogP contribution in [0.25, 0.3) is 10.9 Å². The summed E-state index contributed by atoms with van der Waals surface area (Å²) in [6, 6.07) is 11.6. The van der Waals surface area contributed by atoms with Gasteiger partial charge in [0, 0.05) is 63.8 Å². The van der Waals surface area contributed by atoms with Crippen molar-refractivity contribution in [1.29, 1.82) is 0 Å². The van der Waals surface area contributed by atoms with Crippen molar-refractivity contribution in [2.75, 3.05) is 69.7 Å². The minimum absolute atomic E-state index is 0.00621. The molecule has 3 aromatic rings. The maximum atomic E-state index is 11.6. The van der Waals surface area contributed by atoms with Crippen LogP contribution in [0.2, 0.25) is 0 Å². The quantitative estimate of drug-likeness (QED) is 0.180. The number of piperazine rings is 1. The molecule has 0 unspecified atom stereocenters. The molecule has 0 bridgehead atoms. The van der Waals surface area contributed by atoms with Crippen molar-refractivity contribution in [3.8, 4) is 0 Å². The van der Waals surface area contributed by atoms with E-state index in [1.807, 2.05) is 13.0 Å². The van der Waals surface area contributed by atoms with Crippen molar-refractivity contribution in [2.45, 2.75) is 20.0 Å². The average Bonchev–Trinajstić information content (AvgIpc) is 2.91. The van der Waals surface area contributed by atoms with E-state index in [-0.39, 0.29) is 17.2 Å². The van der Waals surface area contributed by atoms with E-state index in [1.54, 1.807) is 6.07 Å². The summed E-state index contributed by atoms with van der Waals surface area (Å²) in [5.74, 6) is 0.572. The second-order valence-corrected chi connectivity index (χ2v) is 8.97. The molecule has 1 aliphatic rings. The van der Waals surface area contributed by atoms with Crippen LogP contribution in [0.3, 0.4) is 0 Å². The number of anilines is 2. The molecule has 0 spiro atoms. The molecule has 1 saturated heterocycles. The number of benzene rings is 2. The van der Waals surface area contributed by atoms with Crippen LogP contribution in [0.15, 0.2) is 42.7 Å². The molecule has 0 atom stereocenters. The third-order valence-electron chi connectivity index (χ3n) is 6.53. The molecule has 2 aromatic carbocycles. The zero-order valence-electron chi connectivity index (χ0n) is 21.2. The van der Waals surface area contributed by atoms with Gasteiger partial charge in [-0.25, -0.2) is 9.97 Å². The highest BCUT2D eigenvalue weighted by Gasteiger charge is 2.19. The lowest BCUT2D eigenvalue weighted by molar-refractivity contribution is -0.383. The SMILES string of the molecule is CCNc1cc2ncnc(NCc3ccccc3CN3CCN(CCOCCO)CC3)c2cc1[N+](=O)[O-]. The molecule has 0 amide bonds. The standard InChI is InChI=1S/C26H35N7O4/c1-2-27-24-16-23-22(15-25(24)33(35)36)26(30-19-29-23)28-17-20-5-3-4-6-21(20)18-32-9-7-31(8-10-32)11-13-37-14-12-34/h3-6,15-16,19,27,34H,2,7-14,17-18H2,1H3,(H,28,29,30). The van der Waals surface area contributed by atoms with E-state index >= 15 is 0 Å². The molecule has 1 aliphatic heterocycles. The van der Waals surface area contributed by atoms with Gasteiger partial charge in [-0.1, -0.05) is 24.3 Å². The van der Waals surface area contributed by atoms with Gasteiger partial charge >= 0.3 is 0 Å². The molecule has 3 N–H and O–H groups in total. The third kappa shape index (κ3) is 7.10. The number of aliphatic hydroxyl groups is 1. The first kappa shape index (κ1) is 26.7. The number of nitrogens with zero attached hydrogens (tertiary/aromatic N) is 5. The molecule has 0 aliphatic carbocycles. The number of nitrogens with one attached hydrogen (secondary N) is 2. The van der Waals surface area contributed by atoms with Gasteiger partial charge in [-0.05, 0) is 24.1 Å². The van der Waals surface area contributed by atoms with E-state index in [2.05, 4.69) is 48.6 Å². The van der Waals surface area contributed by atoms with Gasteiger partial charge in [0.1, 0.15) is 17.8 Å². The van der Waals surface area contributed by atoms with Crippen molar-refractivity contribution in [3.05, 3.63) is 64.0 Å². The molecule has 198 valence electrons. The highest BCUT2D eigenvalue weighted by atomic mass is 16.6. The first-order chi connectivity index (χ1) is 18.1. The predicted molar refractivity (Wildman–Crippen MR) is 144 cm³/mol. The summed E-state index contributed by atoms with van der Waals surface area (Å²) in [6.45, 7) is 9.81. The van der Waals surface area contributed by atoms with Crippen molar-refractivity contribution in [3.63, 3.8) is 0 Å². The smallest absolute Gasteiger partial charge is 0.293 e. The highest BCUT2D eigenvalue weighted by Crippen LogP contribution is 2.32. The number of aliphatic hydroxyl groups excluding tert-OH is 1. The molecule has 11 nitrogen and oxygen atoms in total. The molecule has 0 radical (unpaired) electrons. The summed E-state index contributed by atoms with van der Waals surface area (Å²) in [6.07, 6.45) is 1.48. The van der Waals surface area contributed by atoms with Gasteiger partial charge in [0.25, 0.3) is 5.69 Å². The Labute approximate surface area is 216 Å². The second kappa shape index (κ2) is 13.2. The number of ether oxygens (including phenoxy) is 1. The number of hydrogen-bond acceptors (Lipinski definition) is 10. The van der Waals surface area contributed by atoms with Crippen LogP contribution in [-0.4, -0.2) is 88.9 Å². The van der Waals surface area contributed by atoms with Gasteiger partial charge in [0.2, 0.25) is 0 Å². The number of hydrogen-bond donors (Lipinski definition) is 3. The van der Waals surface area contributed by atoms with E-state index in [0.29, 0.717) is 48.7 Å². The van der Waals surface area contributed by atoms with Crippen LogP contribution in [0.5, 0.6) is 0 Å². The minimum atomic E-state index is -0.384. The summed E-state index contributed by atoms with van der Waals surface area (Å²) >= 11 is 0. The zero-order chi connectivity index (χ0) is 26.0. The summed E-state index contributed by atoms with van der Waals surface area (Å²) in [4.78, 5) is 24.8. The van der Waals surface area contributed by atoms with E-state index in [0.717, 1.165) is 44.8 Å². The Hall–Kier alpha value is -3.38. The van der Waals surface area contributed by atoms with Crippen LogP contribution in [0.4, 0.5) is 17.2 Å². The van der Waals surface area contributed by atoms with Gasteiger partial charge in [-0.2, -0.15) is 0 Å². The Kier molecular flexibility index (Phi) is 9.55. The van der Waals surface area contributed by atoms with Crippen molar-refractivity contribution < 1.29 is 14.8 Å². The van der Waals surface area contributed by atoms with Gasteiger partial charge in [-0.3, -0.25) is 19.9 Å². The Morgan fingerprint density at radius 3 is 2.54 bits per heavy atom. The second-order valence-electron chi connectivity index (χ2n) is 8.97. The maximum Gasteiger partial charge on any atom is 0.293 e. The van der Waals surface area contributed by atoms with Crippen molar-refractivity contribution >= 4 is 28.1 Å². The van der Waals surface area contributed by atoms with E-state index in [9.17, 15) is 10.1 Å². The predicted octanol–water partition coefficient (Wildman–Crippen LogP) is 2.71. The van der Waals surface area contributed by atoms with Crippen molar-refractivity contribution in [2.24, 2.45) is 0 Å². The zero-order valence-corrected chi connectivity index (χ0v) is 21.2. The lowest BCUT2D eigenvalue weighted by Crippen LogP contribution is -2.46. The molecule has 1 aromatic heterocycles. The molecule has 4 rings (SSSR count). The summed E-state index contributed by atoms with van der Waals surface area (Å²) in [5, 5.41) is 27.5.